The van der Waals surface area contributed by atoms with Crippen molar-refractivity contribution < 1.29 is 4.39 Å². The van der Waals surface area contributed by atoms with Gasteiger partial charge in [0.2, 0.25) is 0 Å². The zero-order chi connectivity index (χ0) is 14.9. The van der Waals surface area contributed by atoms with Gasteiger partial charge in [-0.15, -0.1) is 0 Å². The molecule has 0 aromatic heterocycles. The molecule has 4 heteroatoms. The minimum Gasteiger partial charge on any atom is -0.309 e. The molecule has 1 nitrogen and oxygen atoms in total. The van der Waals surface area contributed by atoms with Gasteiger partial charge >= 0.3 is 0 Å². The van der Waals surface area contributed by atoms with Crippen LogP contribution >= 0.6 is 27.5 Å². The Morgan fingerprint density at radius 3 is 2.20 bits per heavy atom. The van der Waals surface area contributed by atoms with Crippen molar-refractivity contribution in [1.82, 2.24) is 5.32 Å². The molecule has 1 N–H and O–H groups in total. The van der Waals surface area contributed by atoms with E-state index >= 15 is 0 Å². The predicted octanol–water partition coefficient (Wildman–Crippen LogP) is 5.17. The van der Waals surface area contributed by atoms with E-state index in [1.165, 1.54) is 0 Å². The van der Waals surface area contributed by atoms with Crippen LogP contribution in [0, 0.1) is 19.7 Å². The number of halogens is 3. The largest absolute Gasteiger partial charge is 0.309 e. The van der Waals surface area contributed by atoms with Crippen molar-refractivity contribution in [3.05, 3.63) is 67.9 Å². The van der Waals surface area contributed by atoms with Gasteiger partial charge in [0.05, 0.1) is 6.04 Å². The van der Waals surface area contributed by atoms with Crippen LogP contribution in [-0.2, 0) is 0 Å². The monoisotopic (exact) mass is 355 g/mol. The maximum Gasteiger partial charge on any atom is 0.123 e. The quantitative estimate of drug-likeness (QED) is 0.800. The average Bonchev–Trinajstić information content (AvgIpc) is 2.32. The summed E-state index contributed by atoms with van der Waals surface area (Å²) in [6.45, 7) is 3.85. The van der Waals surface area contributed by atoms with Gasteiger partial charge in [-0.2, -0.15) is 0 Å². The highest BCUT2D eigenvalue weighted by Gasteiger charge is 2.18. The van der Waals surface area contributed by atoms with E-state index in [1.54, 1.807) is 12.1 Å². The lowest BCUT2D eigenvalue weighted by atomic mass is 9.91. The van der Waals surface area contributed by atoms with Crippen molar-refractivity contribution in [2.24, 2.45) is 0 Å². The Morgan fingerprint density at radius 2 is 1.70 bits per heavy atom. The van der Waals surface area contributed by atoms with E-state index in [0.29, 0.717) is 5.02 Å². The van der Waals surface area contributed by atoms with Crippen LogP contribution in [0.2, 0.25) is 5.02 Å². The fourth-order valence-electron chi connectivity index (χ4n) is 2.60. The van der Waals surface area contributed by atoms with Crippen molar-refractivity contribution in [2.45, 2.75) is 19.9 Å². The van der Waals surface area contributed by atoms with Crippen LogP contribution in [-0.4, -0.2) is 7.05 Å². The van der Waals surface area contributed by atoms with Crippen molar-refractivity contribution in [3.8, 4) is 0 Å². The molecular weight excluding hydrogens is 341 g/mol. The van der Waals surface area contributed by atoms with Crippen LogP contribution < -0.4 is 5.32 Å². The van der Waals surface area contributed by atoms with Gasteiger partial charge in [-0.25, -0.2) is 4.39 Å². The number of nitrogens with one attached hydrogen (secondary N) is 1. The molecule has 2 aromatic carbocycles. The maximum absolute atomic E-state index is 13.5. The van der Waals surface area contributed by atoms with Crippen LogP contribution in [0.3, 0.4) is 0 Å². The molecule has 20 heavy (non-hydrogen) atoms. The summed E-state index contributed by atoms with van der Waals surface area (Å²) < 4.78 is 14.4. The molecule has 0 aliphatic heterocycles. The van der Waals surface area contributed by atoms with E-state index in [4.69, 9.17) is 11.6 Å². The van der Waals surface area contributed by atoms with E-state index in [2.05, 4.69) is 21.2 Å². The SMILES string of the molecule is CNC(c1cc(Cl)cc(Br)c1)c1c(C)cc(F)cc1C. The van der Waals surface area contributed by atoms with Crippen LogP contribution in [0.5, 0.6) is 0 Å². The molecule has 2 aromatic rings. The third kappa shape index (κ3) is 3.22. The summed E-state index contributed by atoms with van der Waals surface area (Å²) in [4.78, 5) is 0. The summed E-state index contributed by atoms with van der Waals surface area (Å²) in [5.74, 6) is -0.203. The Kier molecular flexibility index (Phi) is 4.84. The molecule has 0 fully saturated rings. The fraction of sp³-hybridized carbons (Fsp3) is 0.250. The lowest BCUT2D eigenvalue weighted by molar-refractivity contribution is 0.618. The minimum atomic E-state index is -0.203. The lowest BCUT2D eigenvalue weighted by Crippen LogP contribution is -2.20. The molecule has 0 radical (unpaired) electrons. The van der Waals surface area contributed by atoms with Crippen LogP contribution in [0.15, 0.2) is 34.8 Å². The van der Waals surface area contributed by atoms with Gasteiger partial charge in [-0.1, -0.05) is 27.5 Å². The van der Waals surface area contributed by atoms with Gasteiger partial charge in [0.15, 0.2) is 0 Å². The van der Waals surface area contributed by atoms with Crippen LogP contribution in [0.4, 0.5) is 4.39 Å². The topological polar surface area (TPSA) is 12.0 Å². The van der Waals surface area contributed by atoms with Gasteiger partial charge in [0.1, 0.15) is 5.82 Å². The normalized spacial score (nSPS) is 12.5. The Morgan fingerprint density at radius 1 is 1.10 bits per heavy atom. The number of hydrogen-bond donors (Lipinski definition) is 1. The summed E-state index contributed by atoms with van der Waals surface area (Å²) in [6.07, 6.45) is 0. The first-order valence-electron chi connectivity index (χ1n) is 6.32. The molecule has 0 aliphatic carbocycles. The second-order valence-corrected chi connectivity index (χ2v) is 6.23. The molecule has 0 saturated carbocycles. The van der Waals surface area contributed by atoms with E-state index < -0.39 is 0 Å². The third-order valence-electron chi connectivity index (χ3n) is 3.35. The first kappa shape index (κ1) is 15.5. The van der Waals surface area contributed by atoms with Crippen molar-refractivity contribution >= 4 is 27.5 Å². The van der Waals surface area contributed by atoms with E-state index in [1.807, 2.05) is 39.1 Å². The minimum absolute atomic E-state index is 0.0226. The second kappa shape index (κ2) is 6.25. The van der Waals surface area contributed by atoms with E-state index in [-0.39, 0.29) is 11.9 Å². The van der Waals surface area contributed by atoms with E-state index in [9.17, 15) is 4.39 Å². The number of hydrogen-bond acceptors (Lipinski definition) is 1. The van der Waals surface area contributed by atoms with Crippen LogP contribution in [0.1, 0.15) is 28.3 Å². The van der Waals surface area contributed by atoms with Gasteiger partial charge in [-0.05, 0) is 73.5 Å². The Hall–Kier alpha value is -0.900. The zero-order valence-corrected chi connectivity index (χ0v) is 13.9. The summed E-state index contributed by atoms with van der Waals surface area (Å²) >= 11 is 9.59. The number of aryl methyl sites for hydroxylation is 2. The predicted molar refractivity (Wildman–Crippen MR) is 85.9 cm³/mol. The van der Waals surface area contributed by atoms with E-state index in [0.717, 1.165) is 26.7 Å². The molecule has 0 bridgehead atoms. The van der Waals surface area contributed by atoms with Crippen molar-refractivity contribution in [2.75, 3.05) is 7.05 Å². The molecule has 2 rings (SSSR count). The van der Waals surface area contributed by atoms with Crippen LogP contribution in [0.25, 0.3) is 0 Å². The first-order valence-corrected chi connectivity index (χ1v) is 7.49. The molecule has 1 unspecified atom stereocenters. The molecule has 0 amide bonds. The Labute approximate surface area is 132 Å². The lowest BCUT2D eigenvalue weighted by Gasteiger charge is -2.22. The molecule has 0 saturated heterocycles. The smallest absolute Gasteiger partial charge is 0.123 e. The molecule has 106 valence electrons. The van der Waals surface area contributed by atoms with Gasteiger partial charge < -0.3 is 5.32 Å². The first-order chi connectivity index (χ1) is 9.42. The summed E-state index contributed by atoms with van der Waals surface area (Å²) in [6, 6.07) is 8.90. The molecule has 0 aliphatic rings. The summed E-state index contributed by atoms with van der Waals surface area (Å²) in [5.41, 5.74) is 3.99. The van der Waals surface area contributed by atoms with Gasteiger partial charge in [0, 0.05) is 9.50 Å². The fourth-order valence-corrected chi connectivity index (χ4v) is 3.48. The molecule has 0 spiro atoms. The molecular formula is C16H16BrClFN. The molecule has 1 atom stereocenters. The molecule has 0 heterocycles. The Balaban J connectivity index is 2.58. The van der Waals surface area contributed by atoms with Gasteiger partial charge in [-0.3, -0.25) is 0 Å². The highest BCUT2D eigenvalue weighted by Crippen LogP contribution is 2.31. The van der Waals surface area contributed by atoms with Crippen molar-refractivity contribution in [3.63, 3.8) is 0 Å². The summed E-state index contributed by atoms with van der Waals surface area (Å²) in [5, 5.41) is 3.96. The maximum atomic E-state index is 13.5. The second-order valence-electron chi connectivity index (χ2n) is 4.88. The number of benzene rings is 2. The number of rotatable bonds is 3. The highest BCUT2D eigenvalue weighted by molar-refractivity contribution is 9.10. The summed E-state index contributed by atoms with van der Waals surface area (Å²) in [7, 11) is 1.89. The Bertz CT molecular complexity index is 599. The standard InChI is InChI=1S/C16H16BrClFN/c1-9-4-14(19)5-10(2)15(9)16(20-3)11-6-12(17)8-13(18)7-11/h4-8,16,20H,1-3H3. The highest BCUT2D eigenvalue weighted by atomic mass is 79.9. The third-order valence-corrected chi connectivity index (χ3v) is 4.03. The van der Waals surface area contributed by atoms with Crippen molar-refractivity contribution in [1.29, 1.82) is 0 Å². The van der Waals surface area contributed by atoms with Gasteiger partial charge in [0.25, 0.3) is 0 Å². The zero-order valence-electron chi connectivity index (χ0n) is 11.6. The average molecular weight is 357 g/mol.